The van der Waals surface area contributed by atoms with Gasteiger partial charge < -0.3 is 9.26 Å². The number of nitrogens with zero attached hydrogens (tertiary/aromatic N) is 3. The van der Waals surface area contributed by atoms with Crippen molar-refractivity contribution in [3.05, 3.63) is 52.4 Å². The van der Waals surface area contributed by atoms with Gasteiger partial charge in [-0.05, 0) is 63.1 Å². The third kappa shape index (κ3) is 4.90. The Hall–Kier alpha value is -1.69. The summed E-state index contributed by atoms with van der Waals surface area (Å²) < 4.78 is 10.8. The fourth-order valence-corrected chi connectivity index (χ4v) is 5.14. The number of piperidine rings is 1. The van der Waals surface area contributed by atoms with E-state index in [0.29, 0.717) is 12.0 Å². The van der Waals surface area contributed by atoms with Crippen LogP contribution in [0.5, 0.6) is 0 Å². The highest BCUT2D eigenvalue weighted by Crippen LogP contribution is 2.29. The summed E-state index contributed by atoms with van der Waals surface area (Å²) >= 11 is 0. The average Bonchev–Trinajstić information content (AvgIpc) is 3.30. The third-order valence-electron chi connectivity index (χ3n) is 6.79. The van der Waals surface area contributed by atoms with Crippen molar-refractivity contribution in [2.24, 2.45) is 5.92 Å². The van der Waals surface area contributed by atoms with Gasteiger partial charge in [-0.15, -0.1) is 0 Å². The second kappa shape index (κ2) is 9.41. The molecule has 158 valence electrons. The van der Waals surface area contributed by atoms with E-state index in [0.717, 1.165) is 37.7 Å². The standard InChI is InChI=1S/C24H35N3O2/c1-18-24(19(2)29-25-18)17-26(11-12-28-3)15-20-7-6-10-27(16-20)23-13-21-8-4-5-9-22(21)14-23/h4-5,8-9,20,23H,6-7,10-17H2,1-3H3/t20-/m1/s1. The third-order valence-corrected chi connectivity index (χ3v) is 6.79. The Morgan fingerprint density at radius 1 is 1.21 bits per heavy atom. The maximum Gasteiger partial charge on any atom is 0.138 e. The molecule has 1 atom stereocenters. The van der Waals surface area contributed by atoms with Gasteiger partial charge in [0.15, 0.2) is 0 Å². The summed E-state index contributed by atoms with van der Waals surface area (Å²) in [6, 6.07) is 9.68. The molecule has 29 heavy (non-hydrogen) atoms. The predicted octanol–water partition coefficient (Wildman–Crippen LogP) is 3.62. The molecule has 0 amide bonds. The smallest absolute Gasteiger partial charge is 0.138 e. The van der Waals surface area contributed by atoms with E-state index in [9.17, 15) is 0 Å². The van der Waals surface area contributed by atoms with Crippen LogP contribution in [-0.2, 0) is 24.1 Å². The van der Waals surface area contributed by atoms with Crippen LogP contribution in [0.25, 0.3) is 0 Å². The molecule has 5 nitrogen and oxygen atoms in total. The number of ether oxygens (including phenoxy) is 1. The number of methoxy groups -OCH3 is 1. The first kappa shape index (κ1) is 20.6. The summed E-state index contributed by atoms with van der Waals surface area (Å²) in [5.74, 6) is 1.66. The quantitative estimate of drug-likeness (QED) is 0.681. The molecule has 0 unspecified atom stereocenters. The molecule has 1 saturated heterocycles. The number of benzene rings is 1. The lowest BCUT2D eigenvalue weighted by Crippen LogP contribution is -2.46. The summed E-state index contributed by atoms with van der Waals surface area (Å²) in [5, 5.41) is 4.14. The molecule has 1 fully saturated rings. The monoisotopic (exact) mass is 397 g/mol. The highest BCUT2D eigenvalue weighted by atomic mass is 16.5. The van der Waals surface area contributed by atoms with E-state index >= 15 is 0 Å². The van der Waals surface area contributed by atoms with Gasteiger partial charge in [-0.1, -0.05) is 29.4 Å². The van der Waals surface area contributed by atoms with Crippen molar-refractivity contribution in [2.45, 2.75) is 52.1 Å². The van der Waals surface area contributed by atoms with Crippen molar-refractivity contribution in [3.8, 4) is 0 Å². The van der Waals surface area contributed by atoms with E-state index < -0.39 is 0 Å². The number of aromatic nitrogens is 1. The Labute approximate surface area is 175 Å². The van der Waals surface area contributed by atoms with Gasteiger partial charge in [-0.25, -0.2) is 0 Å². The van der Waals surface area contributed by atoms with E-state index in [-0.39, 0.29) is 0 Å². The van der Waals surface area contributed by atoms with Gasteiger partial charge in [0.25, 0.3) is 0 Å². The minimum absolute atomic E-state index is 0.685. The van der Waals surface area contributed by atoms with Gasteiger partial charge in [0.2, 0.25) is 0 Å². The highest BCUT2D eigenvalue weighted by Gasteiger charge is 2.31. The van der Waals surface area contributed by atoms with E-state index in [1.807, 2.05) is 13.8 Å². The lowest BCUT2D eigenvalue weighted by molar-refractivity contribution is 0.0841. The fourth-order valence-electron chi connectivity index (χ4n) is 5.14. The summed E-state index contributed by atoms with van der Waals surface area (Å²) in [5.41, 5.74) is 5.36. The molecule has 0 radical (unpaired) electrons. The Balaban J connectivity index is 1.37. The number of rotatable bonds is 8. The van der Waals surface area contributed by atoms with Gasteiger partial charge in [0.1, 0.15) is 5.76 Å². The maximum atomic E-state index is 5.39. The summed E-state index contributed by atoms with van der Waals surface area (Å²) in [6.07, 6.45) is 5.06. The molecule has 1 aliphatic heterocycles. The Kier molecular flexibility index (Phi) is 6.68. The van der Waals surface area contributed by atoms with Gasteiger partial charge in [-0.2, -0.15) is 0 Å². The Morgan fingerprint density at radius 3 is 2.62 bits per heavy atom. The number of likely N-dealkylation sites (tertiary alicyclic amines) is 1. The number of hydrogen-bond donors (Lipinski definition) is 0. The van der Waals surface area contributed by atoms with Crippen LogP contribution >= 0.6 is 0 Å². The minimum atomic E-state index is 0.685. The molecule has 0 saturated carbocycles. The van der Waals surface area contributed by atoms with Crippen LogP contribution in [0.15, 0.2) is 28.8 Å². The molecule has 4 rings (SSSR count). The molecule has 1 aromatic heterocycles. The zero-order chi connectivity index (χ0) is 20.2. The topological polar surface area (TPSA) is 41.7 Å². The summed E-state index contributed by atoms with van der Waals surface area (Å²) in [6.45, 7) is 10.2. The maximum absolute atomic E-state index is 5.39. The molecule has 1 aliphatic carbocycles. The zero-order valence-corrected chi connectivity index (χ0v) is 18.2. The normalized spacial score (nSPS) is 20.5. The van der Waals surface area contributed by atoms with Crippen LogP contribution in [-0.4, -0.2) is 60.9 Å². The van der Waals surface area contributed by atoms with Crippen molar-refractivity contribution in [2.75, 3.05) is 39.9 Å². The molecule has 1 aromatic carbocycles. The molecule has 2 aliphatic rings. The minimum Gasteiger partial charge on any atom is -0.383 e. The van der Waals surface area contributed by atoms with Crippen LogP contribution in [0.3, 0.4) is 0 Å². The first-order valence-corrected chi connectivity index (χ1v) is 11.1. The van der Waals surface area contributed by atoms with E-state index in [1.54, 1.807) is 18.2 Å². The number of fused-ring (bicyclic) bond motifs is 1. The van der Waals surface area contributed by atoms with E-state index in [1.165, 1.54) is 44.3 Å². The van der Waals surface area contributed by atoms with Crippen LogP contribution in [0.1, 0.15) is 41.0 Å². The Morgan fingerprint density at radius 2 is 1.97 bits per heavy atom. The first-order valence-electron chi connectivity index (χ1n) is 11.1. The largest absolute Gasteiger partial charge is 0.383 e. The van der Waals surface area contributed by atoms with Gasteiger partial charge in [0.05, 0.1) is 12.3 Å². The predicted molar refractivity (Wildman–Crippen MR) is 115 cm³/mol. The number of hydrogen-bond acceptors (Lipinski definition) is 5. The molecule has 5 heteroatoms. The van der Waals surface area contributed by atoms with Crippen LogP contribution < -0.4 is 0 Å². The average molecular weight is 398 g/mol. The van der Waals surface area contributed by atoms with Gasteiger partial charge in [-0.3, -0.25) is 9.80 Å². The molecular weight excluding hydrogens is 362 g/mol. The summed E-state index contributed by atoms with van der Waals surface area (Å²) in [7, 11) is 1.79. The van der Waals surface area contributed by atoms with Crippen LogP contribution in [0, 0.1) is 19.8 Å². The van der Waals surface area contributed by atoms with Crippen LogP contribution in [0.2, 0.25) is 0 Å². The summed E-state index contributed by atoms with van der Waals surface area (Å²) in [4.78, 5) is 5.30. The lowest BCUT2D eigenvalue weighted by Gasteiger charge is -2.38. The van der Waals surface area contributed by atoms with Crippen molar-refractivity contribution < 1.29 is 9.26 Å². The Bertz CT molecular complexity index is 759. The van der Waals surface area contributed by atoms with Crippen molar-refractivity contribution in [1.82, 2.24) is 15.0 Å². The highest BCUT2D eigenvalue weighted by molar-refractivity contribution is 5.33. The van der Waals surface area contributed by atoms with Gasteiger partial charge in [0, 0.05) is 44.9 Å². The van der Waals surface area contributed by atoms with Crippen molar-refractivity contribution in [3.63, 3.8) is 0 Å². The second-order valence-electron chi connectivity index (χ2n) is 8.86. The van der Waals surface area contributed by atoms with Crippen LogP contribution in [0.4, 0.5) is 0 Å². The van der Waals surface area contributed by atoms with Crippen molar-refractivity contribution in [1.29, 1.82) is 0 Å². The zero-order valence-electron chi connectivity index (χ0n) is 18.2. The molecule has 0 N–H and O–H groups in total. The number of aryl methyl sites for hydroxylation is 2. The van der Waals surface area contributed by atoms with E-state index in [2.05, 4.69) is 39.2 Å². The van der Waals surface area contributed by atoms with Gasteiger partial charge >= 0.3 is 0 Å². The molecule has 2 heterocycles. The van der Waals surface area contributed by atoms with Crippen molar-refractivity contribution >= 4 is 0 Å². The molecule has 2 aromatic rings. The second-order valence-corrected chi connectivity index (χ2v) is 8.86. The molecular formula is C24H35N3O2. The molecule has 0 spiro atoms. The fraction of sp³-hybridized carbons (Fsp3) is 0.625. The SMILES string of the molecule is COCCN(Cc1c(C)noc1C)C[C@H]1CCCN(C2Cc3ccccc3C2)C1. The van der Waals surface area contributed by atoms with E-state index in [4.69, 9.17) is 9.26 Å². The molecule has 0 bridgehead atoms. The first-order chi connectivity index (χ1) is 14.1. The lowest BCUT2D eigenvalue weighted by atomic mass is 9.95.